The Hall–Kier alpha value is -0.610. The van der Waals surface area contributed by atoms with Crippen LogP contribution in [-0.4, -0.2) is 18.3 Å². The number of nitrogens with one attached hydrogen (secondary N) is 1. The molecule has 1 N–H and O–H groups in total. The maximum absolute atomic E-state index is 13.3. The van der Waals surface area contributed by atoms with E-state index in [-0.39, 0.29) is 0 Å². The fraction of sp³-hybridized carbons (Fsp3) is 0.500. The molecule has 0 fully saturated rings. The molecule has 0 radical (unpaired) electrons. The van der Waals surface area contributed by atoms with Crippen LogP contribution in [0.1, 0.15) is 20.3 Å². The molecule has 1 atom stereocenters. The van der Waals surface area contributed by atoms with Crippen molar-refractivity contribution in [2.24, 2.45) is 0 Å². The van der Waals surface area contributed by atoms with Gasteiger partial charge >= 0.3 is 0 Å². The summed E-state index contributed by atoms with van der Waals surface area (Å²) in [5.41, 5.74) is 0. The summed E-state index contributed by atoms with van der Waals surface area (Å²) >= 11 is 1.41. The summed E-state index contributed by atoms with van der Waals surface area (Å²) in [5, 5.41) is 3.32. The van der Waals surface area contributed by atoms with Crippen molar-refractivity contribution >= 4 is 11.8 Å². The standard InChI is InChI=1S/C12H17F2NS/c1-3-6-15-9(2)8-16-12-5-4-10(13)7-11(12)14/h4-5,7,9,15H,3,6,8H2,1-2H3. The van der Waals surface area contributed by atoms with Gasteiger partial charge in [-0.2, -0.15) is 0 Å². The normalized spacial score (nSPS) is 12.8. The minimum Gasteiger partial charge on any atom is -0.313 e. The molecule has 16 heavy (non-hydrogen) atoms. The third-order valence-corrected chi connectivity index (χ3v) is 3.43. The van der Waals surface area contributed by atoms with Crippen molar-refractivity contribution in [3.8, 4) is 0 Å². The van der Waals surface area contributed by atoms with Crippen molar-refractivity contribution < 1.29 is 8.78 Å². The zero-order valence-corrected chi connectivity index (χ0v) is 10.4. The van der Waals surface area contributed by atoms with Crippen LogP contribution in [0, 0.1) is 11.6 Å². The SMILES string of the molecule is CCCNC(C)CSc1ccc(F)cc1F. The molecule has 0 spiro atoms. The molecule has 1 nitrogen and oxygen atoms in total. The third-order valence-electron chi connectivity index (χ3n) is 2.13. The van der Waals surface area contributed by atoms with Crippen LogP contribution in [-0.2, 0) is 0 Å². The highest BCUT2D eigenvalue weighted by Gasteiger charge is 2.06. The third kappa shape index (κ3) is 4.49. The predicted octanol–water partition coefficient (Wildman–Crippen LogP) is 3.45. The van der Waals surface area contributed by atoms with Gasteiger partial charge in [0, 0.05) is 22.8 Å². The summed E-state index contributed by atoms with van der Waals surface area (Å²) in [6.45, 7) is 5.13. The van der Waals surface area contributed by atoms with Gasteiger partial charge < -0.3 is 5.32 Å². The zero-order chi connectivity index (χ0) is 12.0. The predicted molar refractivity (Wildman–Crippen MR) is 64.8 cm³/mol. The largest absolute Gasteiger partial charge is 0.313 e. The van der Waals surface area contributed by atoms with Crippen LogP contribution in [0.15, 0.2) is 23.1 Å². The fourth-order valence-electron chi connectivity index (χ4n) is 1.26. The molecular formula is C12H17F2NS. The van der Waals surface area contributed by atoms with E-state index in [0.29, 0.717) is 10.9 Å². The van der Waals surface area contributed by atoms with Crippen LogP contribution >= 0.6 is 11.8 Å². The van der Waals surface area contributed by atoms with Gasteiger partial charge in [-0.3, -0.25) is 0 Å². The lowest BCUT2D eigenvalue weighted by atomic mass is 10.3. The van der Waals surface area contributed by atoms with Crippen molar-refractivity contribution in [1.82, 2.24) is 5.32 Å². The minimum atomic E-state index is -0.529. The van der Waals surface area contributed by atoms with E-state index in [9.17, 15) is 8.78 Å². The summed E-state index contributed by atoms with van der Waals surface area (Å²) in [5.74, 6) is -0.227. The molecule has 1 unspecified atom stereocenters. The molecule has 0 bridgehead atoms. The first-order valence-electron chi connectivity index (χ1n) is 5.44. The number of benzene rings is 1. The Labute approximate surface area is 99.6 Å². The molecule has 0 saturated heterocycles. The number of thioether (sulfide) groups is 1. The molecule has 1 rings (SSSR count). The van der Waals surface area contributed by atoms with Gasteiger partial charge in [-0.25, -0.2) is 8.78 Å². The number of hydrogen-bond donors (Lipinski definition) is 1. The van der Waals surface area contributed by atoms with E-state index in [2.05, 4.69) is 19.2 Å². The lowest BCUT2D eigenvalue weighted by Crippen LogP contribution is -2.28. The Kier molecular flexibility index (Phi) is 5.77. The molecular weight excluding hydrogens is 228 g/mol. The van der Waals surface area contributed by atoms with Crippen molar-refractivity contribution in [3.05, 3.63) is 29.8 Å². The lowest BCUT2D eigenvalue weighted by Gasteiger charge is -2.12. The van der Waals surface area contributed by atoms with Crippen LogP contribution < -0.4 is 5.32 Å². The van der Waals surface area contributed by atoms with Crippen LogP contribution in [0.2, 0.25) is 0 Å². The number of halogens is 2. The molecule has 0 aromatic heterocycles. The van der Waals surface area contributed by atoms with Gasteiger partial charge in [0.2, 0.25) is 0 Å². The highest BCUT2D eigenvalue weighted by Crippen LogP contribution is 2.22. The Balaban J connectivity index is 2.42. The molecule has 0 heterocycles. The van der Waals surface area contributed by atoms with Crippen LogP contribution in [0.25, 0.3) is 0 Å². The molecule has 0 amide bonds. The van der Waals surface area contributed by atoms with Crippen LogP contribution in [0.5, 0.6) is 0 Å². The number of rotatable bonds is 6. The molecule has 0 saturated carbocycles. The average molecular weight is 245 g/mol. The Morgan fingerprint density at radius 3 is 2.75 bits per heavy atom. The van der Waals surface area contributed by atoms with Crippen LogP contribution in [0.3, 0.4) is 0 Å². The highest BCUT2D eigenvalue weighted by atomic mass is 32.2. The summed E-state index contributed by atoms with van der Waals surface area (Å²) in [6, 6.07) is 4.03. The second kappa shape index (κ2) is 6.86. The molecule has 90 valence electrons. The summed E-state index contributed by atoms with van der Waals surface area (Å²) in [4.78, 5) is 0.506. The lowest BCUT2D eigenvalue weighted by molar-refractivity contribution is 0.564. The molecule has 1 aromatic rings. The van der Waals surface area contributed by atoms with Crippen molar-refractivity contribution in [2.75, 3.05) is 12.3 Å². The first-order chi connectivity index (χ1) is 7.63. The second-order valence-electron chi connectivity index (χ2n) is 3.74. The van der Waals surface area contributed by atoms with E-state index in [4.69, 9.17) is 0 Å². The molecule has 0 aliphatic rings. The Bertz CT molecular complexity index is 331. The van der Waals surface area contributed by atoms with Gasteiger partial charge in [-0.05, 0) is 32.0 Å². The van der Waals surface area contributed by atoms with Crippen molar-refractivity contribution in [3.63, 3.8) is 0 Å². The van der Waals surface area contributed by atoms with Crippen molar-refractivity contribution in [1.29, 1.82) is 0 Å². The Morgan fingerprint density at radius 1 is 1.38 bits per heavy atom. The molecule has 0 aliphatic heterocycles. The fourth-order valence-corrected chi connectivity index (χ4v) is 2.17. The molecule has 0 aliphatic carbocycles. The zero-order valence-electron chi connectivity index (χ0n) is 9.59. The number of hydrogen-bond acceptors (Lipinski definition) is 2. The second-order valence-corrected chi connectivity index (χ2v) is 4.80. The smallest absolute Gasteiger partial charge is 0.139 e. The quantitative estimate of drug-likeness (QED) is 0.770. The topological polar surface area (TPSA) is 12.0 Å². The van der Waals surface area contributed by atoms with E-state index >= 15 is 0 Å². The molecule has 4 heteroatoms. The molecule has 1 aromatic carbocycles. The Morgan fingerprint density at radius 2 is 2.12 bits per heavy atom. The summed E-state index contributed by atoms with van der Waals surface area (Å²) in [6.07, 6.45) is 1.08. The van der Waals surface area contributed by atoms with E-state index in [0.717, 1.165) is 24.8 Å². The van der Waals surface area contributed by atoms with Gasteiger partial charge in [0.25, 0.3) is 0 Å². The van der Waals surface area contributed by atoms with Gasteiger partial charge in [-0.15, -0.1) is 11.8 Å². The first kappa shape index (κ1) is 13.5. The van der Waals surface area contributed by atoms with Gasteiger partial charge in [0.1, 0.15) is 11.6 Å². The van der Waals surface area contributed by atoms with E-state index in [1.54, 1.807) is 0 Å². The van der Waals surface area contributed by atoms with E-state index in [1.165, 1.54) is 23.9 Å². The van der Waals surface area contributed by atoms with E-state index < -0.39 is 11.6 Å². The first-order valence-corrected chi connectivity index (χ1v) is 6.43. The monoisotopic (exact) mass is 245 g/mol. The van der Waals surface area contributed by atoms with Crippen molar-refractivity contribution in [2.45, 2.75) is 31.2 Å². The minimum absolute atomic E-state index is 0.328. The van der Waals surface area contributed by atoms with Gasteiger partial charge in [-0.1, -0.05) is 6.92 Å². The maximum atomic E-state index is 13.3. The maximum Gasteiger partial charge on any atom is 0.139 e. The van der Waals surface area contributed by atoms with Gasteiger partial charge in [0.15, 0.2) is 0 Å². The highest BCUT2D eigenvalue weighted by molar-refractivity contribution is 7.99. The van der Waals surface area contributed by atoms with E-state index in [1.807, 2.05) is 0 Å². The average Bonchev–Trinajstić information content (AvgIpc) is 2.25. The van der Waals surface area contributed by atoms with Crippen LogP contribution in [0.4, 0.5) is 8.78 Å². The van der Waals surface area contributed by atoms with Gasteiger partial charge in [0.05, 0.1) is 0 Å². The summed E-state index contributed by atoms with van der Waals surface area (Å²) < 4.78 is 25.9. The summed E-state index contributed by atoms with van der Waals surface area (Å²) in [7, 11) is 0.